The lowest BCUT2D eigenvalue weighted by atomic mass is 10.2. The van der Waals surface area contributed by atoms with Crippen LogP contribution in [-0.2, 0) is 16.6 Å². The van der Waals surface area contributed by atoms with E-state index in [2.05, 4.69) is 10.3 Å². The standard InChI is InChI=1S/C17H21N5O4S/c1-20-8-10-21(11-9-20)27(25,26)15-5-6-16(17(12-15)22(23)24)19-13-14-4-2-3-7-18-14/h2-7,12,19H,8-11,13H2,1H3/p+1. The van der Waals surface area contributed by atoms with Gasteiger partial charge in [-0.25, -0.2) is 8.42 Å². The second kappa shape index (κ2) is 7.99. The molecule has 9 nitrogen and oxygen atoms in total. The Hall–Kier alpha value is -2.56. The van der Waals surface area contributed by atoms with Crippen molar-refractivity contribution >= 4 is 21.4 Å². The van der Waals surface area contributed by atoms with E-state index >= 15 is 0 Å². The molecule has 2 heterocycles. The van der Waals surface area contributed by atoms with E-state index in [-0.39, 0.29) is 16.3 Å². The predicted molar refractivity (Wildman–Crippen MR) is 100 cm³/mol. The van der Waals surface area contributed by atoms with Crippen LogP contribution in [0.2, 0.25) is 0 Å². The third-order valence-electron chi connectivity index (χ3n) is 4.57. The van der Waals surface area contributed by atoms with Crippen molar-refractivity contribution in [1.82, 2.24) is 9.29 Å². The molecule has 0 spiro atoms. The zero-order valence-electron chi connectivity index (χ0n) is 15.0. The van der Waals surface area contributed by atoms with Crippen molar-refractivity contribution in [3.63, 3.8) is 0 Å². The van der Waals surface area contributed by atoms with Gasteiger partial charge in [0.2, 0.25) is 10.0 Å². The number of piperazine rings is 1. The normalized spacial score (nSPS) is 16.2. The van der Waals surface area contributed by atoms with Gasteiger partial charge in [-0.2, -0.15) is 4.31 Å². The summed E-state index contributed by atoms with van der Waals surface area (Å²) in [5.74, 6) is 0. The van der Waals surface area contributed by atoms with E-state index in [1.165, 1.54) is 21.3 Å². The van der Waals surface area contributed by atoms with Crippen molar-refractivity contribution in [3.05, 3.63) is 58.4 Å². The van der Waals surface area contributed by atoms with Crippen LogP contribution in [-0.4, -0.2) is 55.9 Å². The van der Waals surface area contributed by atoms with Gasteiger partial charge in [-0.3, -0.25) is 15.1 Å². The van der Waals surface area contributed by atoms with E-state index in [1.54, 1.807) is 18.3 Å². The van der Waals surface area contributed by atoms with Crippen LogP contribution < -0.4 is 10.2 Å². The van der Waals surface area contributed by atoms with Crippen molar-refractivity contribution in [2.75, 3.05) is 38.5 Å². The fourth-order valence-electron chi connectivity index (χ4n) is 2.92. The minimum Gasteiger partial charge on any atom is -0.374 e. The highest BCUT2D eigenvalue weighted by Crippen LogP contribution is 2.29. The molecule has 0 aliphatic carbocycles. The minimum atomic E-state index is -3.75. The molecule has 0 bridgehead atoms. The topological polar surface area (TPSA) is 110 Å². The second-order valence-electron chi connectivity index (χ2n) is 6.47. The molecule has 27 heavy (non-hydrogen) atoms. The number of nitrogens with zero attached hydrogens (tertiary/aromatic N) is 3. The molecule has 3 rings (SSSR count). The van der Waals surface area contributed by atoms with Gasteiger partial charge < -0.3 is 10.2 Å². The number of anilines is 1. The van der Waals surface area contributed by atoms with Gasteiger partial charge in [0.25, 0.3) is 5.69 Å². The number of hydrogen-bond donors (Lipinski definition) is 2. The molecule has 0 atom stereocenters. The number of hydrogen-bond acceptors (Lipinski definition) is 6. The van der Waals surface area contributed by atoms with Crippen molar-refractivity contribution in [1.29, 1.82) is 0 Å². The Morgan fingerprint density at radius 3 is 2.63 bits per heavy atom. The van der Waals surface area contributed by atoms with Gasteiger partial charge in [0.05, 0.1) is 55.3 Å². The van der Waals surface area contributed by atoms with Crippen LogP contribution in [0.25, 0.3) is 0 Å². The first kappa shape index (κ1) is 19.2. The van der Waals surface area contributed by atoms with E-state index in [0.29, 0.717) is 32.7 Å². The summed E-state index contributed by atoms with van der Waals surface area (Å²) in [5, 5.41) is 14.4. The molecule has 0 unspecified atom stereocenters. The van der Waals surface area contributed by atoms with Gasteiger partial charge in [0.15, 0.2) is 0 Å². The molecule has 1 aromatic carbocycles. The fourth-order valence-corrected chi connectivity index (χ4v) is 4.38. The highest BCUT2D eigenvalue weighted by atomic mass is 32.2. The molecule has 2 N–H and O–H groups in total. The summed E-state index contributed by atoms with van der Waals surface area (Å²) < 4.78 is 27.0. The van der Waals surface area contributed by atoms with E-state index < -0.39 is 14.9 Å². The lowest BCUT2D eigenvalue weighted by molar-refractivity contribution is -0.883. The number of sulfonamides is 1. The Bertz CT molecular complexity index is 912. The number of nitro benzene ring substituents is 1. The number of nitrogens with one attached hydrogen (secondary N) is 2. The summed E-state index contributed by atoms with van der Waals surface area (Å²) in [6, 6.07) is 9.38. The molecule has 1 saturated heterocycles. The average molecular weight is 392 g/mol. The Morgan fingerprint density at radius 1 is 1.26 bits per heavy atom. The van der Waals surface area contributed by atoms with Crippen LogP contribution in [0.4, 0.5) is 11.4 Å². The molecule has 1 aliphatic heterocycles. The highest BCUT2D eigenvalue weighted by molar-refractivity contribution is 7.89. The minimum absolute atomic E-state index is 0.0582. The lowest BCUT2D eigenvalue weighted by Crippen LogP contribution is -3.12. The van der Waals surface area contributed by atoms with Gasteiger partial charge in [-0.05, 0) is 24.3 Å². The third-order valence-corrected chi connectivity index (χ3v) is 6.46. The number of nitro groups is 1. The summed E-state index contributed by atoms with van der Waals surface area (Å²) in [5.41, 5.74) is 0.711. The monoisotopic (exact) mass is 392 g/mol. The number of rotatable bonds is 6. The Morgan fingerprint density at radius 2 is 2.00 bits per heavy atom. The molecular formula is C17H22N5O4S+. The van der Waals surface area contributed by atoms with Crippen LogP contribution in [0.15, 0.2) is 47.5 Å². The van der Waals surface area contributed by atoms with Crippen molar-refractivity contribution in [3.8, 4) is 0 Å². The first-order valence-electron chi connectivity index (χ1n) is 8.61. The number of benzene rings is 1. The summed E-state index contributed by atoms with van der Waals surface area (Å²) >= 11 is 0. The van der Waals surface area contributed by atoms with Gasteiger partial charge >= 0.3 is 0 Å². The maximum atomic E-state index is 12.8. The quantitative estimate of drug-likeness (QED) is 0.534. The first-order chi connectivity index (χ1) is 12.9. The molecular weight excluding hydrogens is 370 g/mol. The molecule has 2 aromatic rings. The smallest absolute Gasteiger partial charge is 0.293 e. The van der Waals surface area contributed by atoms with E-state index in [1.807, 2.05) is 13.1 Å². The van der Waals surface area contributed by atoms with Crippen LogP contribution in [0.1, 0.15) is 5.69 Å². The van der Waals surface area contributed by atoms with Crippen molar-refractivity contribution in [2.45, 2.75) is 11.4 Å². The largest absolute Gasteiger partial charge is 0.374 e. The SMILES string of the molecule is C[NH+]1CCN(S(=O)(=O)c2ccc(NCc3ccccn3)c([N+](=O)[O-])c2)CC1. The summed E-state index contributed by atoms with van der Waals surface area (Å²) in [6.45, 7) is 2.54. The summed E-state index contributed by atoms with van der Waals surface area (Å²) in [7, 11) is -1.74. The molecule has 0 saturated carbocycles. The number of pyridine rings is 1. The van der Waals surface area contributed by atoms with Crippen LogP contribution in [0.5, 0.6) is 0 Å². The van der Waals surface area contributed by atoms with Crippen molar-refractivity contribution < 1.29 is 18.2 Å². The van der Waals surface area contributed by atoms with Crippen LogP contribution in [0, 0.1) is 10.1 Å². The zero-order chi connectivity index (χ0) is 19.4. The number of aromatic nitrogens is 1. The van der Waals surface area contributed by atoms with E-state index in [0.717, 1.165) is 11.8 Å². The van der Waals surface area contributed by atoms with Gasteiger partial charge in [-0.1, -0.05) is 6.07 Å². The maximum absolute atomic E-state index is 12.8. The lowest BCUT2D eigenvalue weighted by Gasteiger charge is -2.29. The van der Waals surface area contributed by atoms with Crippen LogP contribution in [0.3, 0.4) is 0 Å². The zero-order valence-corrected chi connectivity index (χ0v) is 15.8. The van der Waals surface area contributed by atoms with E-state index in [4.69, 9.17) is 0 Å². The Labute approximate surface area is 157 Å². The maximum Gasteiger partial charge on any atom is 0.293 e. The molecule has 0 amide bonds. The molecule has 0 radical (unpaired) electrons. The average Bonchev–Trinajstić information content (AvgIpc) is 2.67. The highest BCUT2D eigenvalue weighted by Gasteiger charge is 2.31. The van der Waals surface area contributed by atoms with Gasteiger partial charge in [0.1, 0.15) is 5.69 Å². The Balaban J connectivity index is 1.83. The predicted octanol–water partition coefficient (Wildman–Crippen LogP) is 0.121. The first-order valence-corrected chi connectivity index (χ1v) is 10.1. The second-order valence-corrected chi connectivity index (χ2v) is 8.41. The Kier molecular flexibility index (Phi) is 5.68. The molecule has 1 fully saturated rings. The summed E-state index contributed by atoms with van der Waals surface area (Å²) in [6.07, 6.45) is 1.64. The van der Waals surface area contributed by atoms with Gasteiger partial charge in [-0.15, -0.1) is 0 Å². The molecule has 144 valence electrons. The third kappa shape index (κ3) is 4.41. The molecule has 10 heteroatoms. The van der Waals surface area contributed by atoms with E-state index in [9.17, 15) is 18.5 Å². The fraction of sp³-hybridized carbons (Fsp3) is 0.353. The number of likely N-dealkylation sites (N-methyl/N-ethyl adjacent to an activating group) is 1. The van der Waals surface area contributed by atoms with Crippen LogP contribution >= 0.6 is 0 Å². The van der Waals surface area contributed by atoms with Gasteiger partial charge in [0, 0.05) is 12.3 Å². The number of quaternary nitrogens is 1. The summed E-state index contributed by atoms with van der Waals surface area (Å²) in [4.78, 5) is 16.3. The molecule has 1 aromatic heterocycles. The van der Waals surface area contributed by atoms with Crippen molar-refractivity contribution in [2.24, 2.45) is 0 Å². The molecule has 1 aliphatic rings.